The number of hydrogen-bond acceptors (Lipinski definition) is 5. The zero-order valence-electron chi connectivity index (χ0n) is 14.9. The number of hydrogen-bond donors (Lipinski definition) is 1. The third kappa shape index (κ3) is 2.88. The number of hydrazone groups is 1. The van der Waals surface area contributed by atoms with Crippen molar-refractivity contribution in [2.75, 3.05) is 16.1 Å². The summed E-state index contributed by atoms with van der Waals surface area (Å²) in [6, 6.07) is 25.6. The average molecular weight is 384 g/mol. The maximum atomic E-state index is 12.4. The Morgan fingerprint density at radius 3 is 2.14 bits per heavy atom. The molecule has 0 atom stereocenters. The van der Waals surface area contributed by atoms with E-state index < -0.39 is 0 Å². The molecular weight excluding hydrogens is 368 g/mol. The molecule has 1 aliphatic rings. The molecule has 5 rings (SSSR count). The molecule has 0 aliphatic carbocycles. The number of carbonyl (C=O) groups excluding carboxylic acids is 1. The lowest BCUT2D eigenvalue weighted by Gasteiger charge is -2.16. The van der Waals surface area contributed by atoms with Gasteiger partial charge in [0.05, 0.1) is 28.2 Å². The van der Waals surface area contributed by atoms with Crippen molar-refractivity contribution in [2.24, 2.45) is 5.10 Å². The van der Waals surface area contributed by atoms with Crippen molar-refractivity contribution in [2.45, 2.75) is 0 Å². The van der Waals surface area contributed by atoms with E-state index >= 15 is 0 Å². The first-order valence-corrected chi connectivity index (χ1v) is 9.92. The summed E-state index contributed by atoms with van der Waals surface area (Å²) in [6.45, 7) is 0. The number of aromatic nitrogens is 1. The standard InChI is InChI=1S/C22H16N4OS/c27-20-14-28-22(26(20)15-8-2-1-3-9-15)25-24-21-16-10-4-6-12-18(16)23-19-13-7-5-11-17(19)21/h1-13H,14H2,(H,23,24)/b25-22-. The zero-order valence-corrected chi connectivity index (χ0v) is 15.7. The number of anilines is 2. The van der Waals surface area contributed by atoms with Gasteiger partial charge in [0.2, 0.25) is 5.91 Å². The number of pyridine rings is 1. The molecule has 0 bridgehead atoms. The predicted molar refractivity (Wildman–Crippen MR) is 117 cm³/mol. The number of thioether (sulfide) groups is 1. The van der Waals surface area contributed by atoms with E-state index in [-0.39, 0.29) is 5.91 Å². The molecule has 1 fully saturated rings. The summed E-state index contributed by atoms with van der Waals surface area (Å²) in [5, 5.41) is 7.23. The van der Waals surface area contributed by atoms with Gasteiger partial charge in [-0.2, -0.15) is 0 Å². The monoisotopic (exact) mass is 384 g/mol. The van der Waals surface area contributed by atoms with Gasteiger partial charge in [-0.15, -0.1) is 5.10 Å². The van der Waals surface area contributed by atoms with Crippen molar-refractivity contribution in [3.63, 3.8) is 0 Å². The van der Waals surface area contributed by atoms with Gasteiger partial charge in [-0.1, -0.05) is 66.4 Å². The lowest BCUT2D eigenvalue weighted by molar-refractivity contribution is -0.115. The molecule has 1 aliphatic heterocycles. The van der Waals surface area contributed by atoms with Crippen LogP contribution in [0.2, 0.25) is 0 Å². The summed E-state index contributed by atoms with van der Waals surface area (Å²) in [7, 11) is 0. The summed E-state index contributed by atoms with van der Waals surface area (Å²) >= 11 is 1.43. The molecule has 3 aromatic carbocycles. The zero-order chi connectivity index (χ0) is 18.9. The molecule has 5 nitrogen and oxygen atoms in total. The van der Waals surface area contributed by atoms with Gasteiger partial charge in [0.25, 0.3) is 0 Å². The Balaban J connectivity index is 1.60. The van der Waals surface area contributed by atoms with Crippen LogP contribution in [-0.4, -0.2) is 21.8 Å². The van der Waals surface area contributed by atoms with E-state index in [0.29, 0.717) is 10.9 Å². The first-order chi connectivity index (χ1) is 13.8. The smallest absolute Gasteiger partial charge is 0.243 e. The number of nitrogens with zero attached hydrogens (tertiary/aromatic N) is 3. The number of fused-ring (bicyclic) bond motifs is 2. The molecule has 1 amide bonds. The first-order valence-electron chi connectivity index (χ1n) is 8.93. The van der Waals surface area contributed by atoms with Crippen molar-refractivity contribution in [1.82, 2.24) is 4.98 Å². The molecule has 0 spiro atoms. The van der Waals surface area contributed by atoms with Gasteiger partial charge in [0.15, 0.2) is 5.17 Å². The highest BCUT2D eigenvalue weighted by Crippen LogP contribution is 2.32. The van der Waals surface area contributed by atoms with Crippen LogP contribution in [0.4, 0.5) is 11.4 Å². The van der Waals surface area contributed by atoms with Crippen LogP contribution in [0.5, 0.6) is 0 Å². The normalized spacial score (nSPS) is 15.6. The Morgan fingerprint density at radius 1 is 0.857 bits per heavy atom. The van der Waals surface area contributed by atoms with Gasteiger partial charge in [0, 0.05) is 10.8 Å². The van der Waals surface area contributed by atoms with Crippen LogP contribution in [0, 0.1) is 0 Å². The van der Waals surface area contributed by atoms with Gasteiger partial charge in [-0.3, -0.25) is 15.1 Å². The van der Waals surface area contributed by atoms with Crippen LogP contribution in [-0.2, 0) is 4.79 Å². The molecule has 0 saturated carbocycles. The molecule has 1 saturated heterocycles. The van der Waals surface area contributed by atoms with Crippen LogP contribution < -0.4 is 10.3 Å². The second kappa shape index (κ2) is 6.98. The van der Waals surface area contributed by atoms with Crippen LogP contribution in [0.3, 0.4) is 0 Å². The third-order valence-electron chi connectivity index (χ3n) is 4.63. The summed E-state index contributed by atoms with van der Waals surface area (Å²) < 4.78 is 0. The van der Waals surface area contributed by atoms with E-state index in [1.54, 1.807) is 4.90 Å². The Bertz CT molecular complexity index is 1170. The highest BCUT2D eigenvalue weighted by molar-refractivity contribution is 8.15. The maximum Gasteiger partial charge on any atom is 0.243 e. The van der Waals surface area contributed by atoms with Gasteiger partial charge in [-0.05, 0) is 24.3 Å². The summed E-state index contributed by atoms with van der Waals surface area (Å²) in [5.41, 5.74) is 6.74. The second-order valence-electron chi connectivity index (χ2n) is 6.38. The van der Waals surface area contributed by atoms with Gasteiger partial charge < -0.3 is 0 Å². The number of amidine groups is 1. The topological polar surface area (TPSA) is 57.6 Å². The minimum atomic E-state index is 0.0289. The van der Waals surface area contributed by atoms with E-state index in [1.807, 2.05) is 78.9 Å². The summed E-state index contributed by atoms with van der Waals surface area (Å²) in [4.78, 5) is 18.8. The average Bonchev–Trinajstić information content (AvgIpc) is 3.12. The number of carbonyl (C=O) groups is 1. The van der Waals surface area contributed by atoms with Crippen molar-refractivity contribution in [3.05, 3.63) is 78.9 Å². The Hall–Kier alpha value is -3.38. The molecule has 0 unspecified atom stereocenters. The fourth-order valence-corrected chi connectivity index (χ4v) is 4.17. The molecule has 6 heteroatoms. The Morgan fingerprint density at radius 2 is 1.46 bits per heavy atom. The van der Waals surface area contributed by atoms with Crippen molar-refractivity contribution in [1.29, 1.82) is 0 Å². The molecule has 0 radical (unpaired) electrons. The van der Waals surface area contributed by atoms with Crippen molar-refractivity contribution < 1.29 is 4.79 Å². The second-order valence-corrected chi connectivity index (χ2v) is 7.32. The number of rotatable bonds is 3. The SMILES string of the molecule is O=C1CS/C(=N\Nc2c3ccccc3nc3ccccc23)N1c1ccccc1. The number of nitrogens with one attached hydrogen (secondary N) is 1. The van der Waals surface area contributed by atoms with Gasteiger partial charge in [-0.25, -0.2) is 4.98 Å². The van der Waals surface area contributed by atoms with Crippen LogP contribution >= 0.6 is 11.8 Å². The highest BCUT2D eigenvalue weighted by atomic mass is 32.2. The molecule has 2 heterocycles. The number of amides is 1. The summed E-state index contributed by atoms with van der Waals surface area (Å²) in [6.07, 6.45) is 0. The number of para-hydroxylation sites is 3. The Labute approximate surface area is 166 Å². The largest absolute Gasteiger partial charge is 0.275 e. The third-order valence-corrected chi connectivity index (χ3v) is 5.55. The van der Waals surface area contributed by atoms with E-state index in [4.69, 9.17) is 4.98 Å². The minimum absolute atomic E-state index is 0.0289. The van der Waals surface area contributed by atoms with E-state index in [9.17, 15) is 4.79 Å². The van der Waals surface area contributed by atoms with Gasteiger partial charge >= 0.3 is 0 Å². The van der Waals surface area contributed by atoms with E-state index in [1.165, 1.54) is 11.8 Å². The molecule has 1 aromatic heterocycles. The van der Waals surface area contributed by atoms with E-state index in [2.05, 4.69) is 10.5 Å². The molecular formula is C22H16N4OS. The fourth-order valence-electron chi connectivity index (χ4n) is 3.34. The molecule has 1 N–H and O–H groups in total. The van der Waals surface area contributed by atoms with Crippen LogP contribution in [0.15, 0.2) is 84.0 Å². The highest BCUT2D eigenvalue weighted by Gasteiger charge is 2.29. The lowest BCUT2D eigenvalue weighted by atomic mass is 10.1. The first kappa shape index (κ1) is 16.8. The van der Waals surface area contributed by atoms with Gasteiger partial charge in [0.1, 0.15) is 0 Å². The molecule has 4 aromatic rings. The molecule has 136 valence electrons. The summed E-state index contributed by atoms with van der Waals surface area (Å²) in [5.74, 6) is 0.411. The fraction of sp³-hybridized carbons (Fsp3) is 0.0455. The van der Waals surface area contributed by atoms with Crippen LogP contribution in [0.1, 0.15) is 0 Å². The number of benzene rings is 3. The van der Waals surface area contributed by atoms with Crippen molar-refractivity contribution in [3.8, 4) is 0 Å². The lowest BCUT2D eigenvalue weighted by Crippen LogP contribution is -2.29. The quantitative estimate of drug-likeness (QED) is 0.405. The van der Waals surface area contributed by atoms with E-state index in [0.717, 1.165) is 33.2 Å². The van der Waals surface area contributed by atoms with Crippen LogP contribution in [0.25, 0.3) is 21.8 Å². The maximum absolute atomic E-state index is 12.4. The Kier molecular flexibility index (Phi) is 4.18. The predicted octanol–water partition coefficient (Wildman–Crippen LogP) is 4.85. The van der Waals surface area contributed by atoms with Crippen molar-refractivity contribution >= 4 is 56.0 Å². The minimum Gasteiger partial charge on any atom is -0.275 e. The molecule has 28 heavy (non-hydrogen) atoms.